The highest BCUT2D eigenvalue weighted by Gasteiger charge is 2.45. The largest absolute Gasteiger partial charge is 0.480 e. The number of hydrogen-bond donors (Lipinski definition) is 2. The number of nitrogens with one attached hydrogen (secondary N) is 1. The predicted molar refractivity (Wildman–Crippen MR) is 78.4 cm³/mol. The first-order chi connectivity index (χ1) is 10.5. The number of carboxylic acid groups (broad SMARTS) is 1. The Labute approximate surface area is 128 Å². The van der Waals surface area contributed by atoms with Crippen LogP contribution in [0.15, 0.2) is 10.6 Å². The summed E-state index contributed by atoms with van der Waals surface area (Å²) in [6.07, 6.45) is 4.95. The average Bonchev–Trinajstić information content (AvgIpc) is 3.03. The molecule has 1 aliphatic heterocycles. The predicted octanol–water partition coefficient (Wildman–Crippen LogP) is 1.64. The summed E-state index contributed by atoms with van der Waals surface area (Å²) in [7, 11) is 0. The number of aliphatic carboxylic acids is 1. The fourth-order valence-electron chi connectivity index (χ4n) is 3.80. The highest BCUT2D eigenvalue weighted by atomic mass is 16.5. The van der Waals surface area contributed by atoms with E-state index in [-0.39, 0.29) is 18.5 Å². The second kappa shape index (κ2) is 6.08. The van der Waals surface area contributed by atoms with Crippen molar-refractivity contribution in [2.75, 3.05) is 11.9 Å². The maximum absolute atomic E-state index is 12.2. The van der Waals surface area contributed by atoms with Crippen LogP contribution in [0, 0.1) is 12.8 Å². The maximum atomic E-state index is 12.2. The lowest BCUT2D eigenvalue weighted by molar-refractivity contribution is -0.143. The first-order valence-corrected chi connectivity index (χ1v) is 7.76. The molecule has 3 rings (SSSR count). The number of carbonyl (C=O) groups excluding carboxylic acids is 1. The number of aryl methyl sites for hydroxylation is 1. The minimum Gasteiger partial charge on any atom is -0.480 e. The second-order valence-corrected chi connectivity index (χ2v) is 6.24. The monoisotopic (exact) mass is 307 g/mol. The fourth-order valence-corrected chi connectivity index (χ4v) is 3.80. The molecule has 2 heterocycles. The molecular weight excluding hydrogens is 286 g/mol. The number of aromatic nitrogens is 1. The van der Waals surface area contributed by atoms with Gasteiger partial charge in [0.2, 0.25) is 5.91 Å². The van der Waals surface area contributed by atoms with Gasteiger partial charge in [-0.25, -0.2) is 0 Å². The Kier molecular flexibility index (Phi) is 4.15. The number of nitrogens with zero attached hydrogens (tertiary/aromatic N) is 2. The summed E-state index contributed by atoms with van der Waals surface area (Å²) in [6, 6.07) is 1.29. The molecule has 0 aromatic carbocycles. The molecular formula is C15H21N3O4. The Hall–Kier alpha value is -1.89. The van der Waals surface area contributed by atoms with E-state index in [0.717, 1.165) is 25.7 Å². The van der Waals surface area contributed by atoms with Crippen LogP contribution in [0.2, 0.25) is 0 Å². The van der Waals surface area contributed by atoms with Gasteiger partial charge in [-0.05, 0) is 32.1 Å². The zero-order chi connectivity index (χ0) is 15.7. The van der Waals surface area contributed by atoms with Gasteiger partial charge in [0.05, 0.1) is 6.54 Å². The molecule has 0 spiro atoms. The van der Waals surface area contributed by atoms with Crippen molar-refractivity contribution in [3.8, 4) is 0 Å². The number of carbonyl (C=O) groups is 2. The molecule has 1 amide bonds. The quantitative estimate of drug-likeness (QED) is 0.878. The van der Waals surface area contributed by atoms with Gasteiger partial charge in [-0.1, -0.05) is 18.0 Å². The summed E-state index contributed by atoms with van der Waals surface area (Å²) in [5.41, 5.74) is 0. The average molecular weight is 307 g/mol. The van der Waals surface area contributed by atoms with Gasteiger partial charge in [-0.2, -0.15) is 0 Å². The summed E-state index contributed by atoms with van der Waals surface area (Å²) in [6.45, 7) is 1.83. The van der Waals surface area contributed by atoms with Gasteiger partial charge >= 0.3 is 5.97 Å². The molecule has 0 bridgehead atoms. The summed E-state index contributed by atoms with van der Waals surface area (Å²) < 4.78 is 4.91. The zero-order valence-electron chi connectivity index (χ0n) is 12.6. The molecule has 0 unspecified atom stereocenters. The van der Waals surface area contributed by atoms with Crippen LogP contribution in [-0.4, -0.2) is 45.7 Å². The summed E-state index contributed by atoms with van der Waals surface area (Å²) >= 11 is 0. The van der Waals surface area contributed by atoms with Crippen molar-refractivity contribution in [3.63, 3.8) is 0 Å². The summed E-state index contributed by atoms with van der Waals surface area (Å²) in [5.74, 6) is 0.309. The highest BCUT2D eigenvalue weighted by Crippen LogP contribution is 2.39. The van der Waals surface area contributed by atoms with Gasteiger partial charge < -0.3 is 14.9 Å². The molecule has 7 nitrogen and oxygen atoms in total. The molecule has 120 valence electrons. The molecule has 1 aliphatic carbocycles. The Bertz CT molecular complexity index is 571. The van der Waals surface area contributed by atoms with Crippen molar-refractivity contribution in [3.05, 3.63) is 11.8 Å². The Morgan fingerprint density at radius 2 is 2.23 bits per heavy atom. The molecule has 1 aromatic rings. The first-order valence-electron chi connectivity index (χ1n) is 7.76. The molecule has 1 saturated heterocycles. The third-order valence-corrected chi connectivity index (χ3v) is 4.73. The number of carboxylic acids is 1. The van der Waals surface area contributed by atoms with Crippen LogP contribution >= 0.6 is 0 Å². The lowest BCUT2D eigenvalue weighted by Crippen LogP contribution is -2.46. The van der Waals surface area contributed by atoms with Gasteiger partial charge in [0, 0.05) is 12.1 Å². The van der Waals surface area contributed by atoms with E-state index in [1.165, 1.54) is 0 Å². The Morgan fingerprint density at radius 1 is 1.45 bits per heavy atom. The summed E-state index contributed by atoms with van der Waals surface area (Å²) in [4.78, 5) is 25.5. The normalized spacial score (nSPS) is 28.3. The molecule has 2 aliphatic rings. The van der Waals surface area contributed by atoms with Crippen LogP contribution in [-0.2, 0) is 9.59 Å². The number of likely N-dealkylation sites (tertiary alicyclic amines) is 1. The van der Waals surface area contributed by atoms with Gasteiger partial charge in [-0.3, -0.25) is 14.5 Å². The van der Waals surface area contributed by atoms with E-state index >= 15 is 0 Å². The molecule has 2 N–H and O–H groups in total. The minimum absolute atomic E-state index is 0.0873. The molecule has 2 fully saturated rings. The molecule has 22 heavy (non-hydrogen) atoms. The third-order valence-electron chi connectivity index (χ3n) is 4.73. The number of hydrogen-bond acceptors (Lipinski definition) is 5. The van der Waals surface area contributed by atoms with E-state index in [4.69, 9.17) is 4.52 Å². The zero-order valence-corrected chi connectivity index (χ0v) is 12.6. The first kappa shape index (κ1) is 15.0. The number of rotatable bonds is 4. The van der Waals surface area contributed by atoms with Crippen molar-refractivity contribution in [2.24, 2.45) is 5.92 Å². The molecule has 1 aromatic heterocycles. The smallest absolute Gasteiger partial charge is 0.320 e. The van der Waals surface area contributed by atoms with Gasteiger partial charge in [0.15, 0.2) is 5.82 Å². The molecule has 3 atom stereocenters. The lowest BCUT2D eigenvalue weighted by atomic mass is 9.85. The molecule has 0 radical (unpaired) electrons. The molecule has 7 heteroatoms. The van der Waals surface area contributed by atoms with E-state index < -0.39 is 12.0 Å². The van der Waals surface area contributed by atoms with E-state index in [2.05, 4.69) is 10.5 Å². The fraction of sp³-hybridized carbons (Fsp3) is 0.667. The van der Waals surface area contributed by atoms with Crippen molar-refractivity contribution in [2.45, 2.75) is 51.1 Å². The SMILES string of the molecule is Cc1cc(NC(=O)CN2[C@H](C(=O)O)C[C@H]3CCCC[C@@H]32)no1. The van der Waals surface area contributed by atoms with Crippen molar-refractivity contribution >= 4 is 17.7 Å². The van der Waals surface area contributed by atoms with Crippen LogP contribution in [0.4, 0.5) is 5.82 Å². The van der Waals surface area contributed by atoms with E-state index in [9.17, 15) is 14.7 Å². The highest BCUT2D eigenvalue weighted by molar-refractivity contribution is 5.91. The van der Waals surface area contributed by atoms with Crippen LogP contribution in [0.5, 0.6) is 0 Å². The summed E-state index contributed by atoms with van der Waals surface area (Å²) in [5, 5.41) is 15.8. The van der Waals surface area contributed by atoms with Crippen LogP contribution in [0.25, 0.3) is 0 Å². The Morgan fingerprint density at radius 3 is 2.91 bits per heavy atom. The maximum Gasteiger partial charge on any atom is 0.320 e. The van der Waals surface area contributed by atoms with Crippen molar-refractivity contribution in [1.29, 1.82) is 0 Å². The lowest BCUT2D eigenvalue weighted by Gasteiger charge is -2.32. The van der Waals surface area contributed by atoms with E-state index in [0.29, 0.717) is 23.9 Å². The van der Waals surface area contributed by atoms with Crippen molar-refractivity contribution in [1.82, 2.24) is 10.1 Å². The standard InChI is InChI=1S/C15H21N3O4/c1-9-6-13(17-22-9)16-14(19)8-18-11-5-3-2-4-10(11)7-12(18)15(20)21/h6,10-12H,2-5,7-8H2,1H3,(H,20,21)(H,16,17,19)/t10-,11+,12+/m1/s1. The van der Waals surface area contributed by atoms with Gasteiger partial charge in [-0.15, -0.1) is 0 Å². The molecule has 1 saturated carbocycles. The van der Waals surface area contributed by atoms with Crippen LogP contribution in [0.3, 0.4) is 0 Å². The van der Waals surface area contributed by atoms with E-state index in [1.54, 1.807) is 13.0 Å². The van der Waals surface area contributed by atoms with Crippen LogP contribution in [0.1, 0.15) is 37.9 Å². The topological polar surface area (TPSA) is 95.7 Å². The van der Waals surface area contributed by atoms with Gasteiger partial charge in [0.25, 0.3) is 0 Å². The minimum atomic E-state index is -0.834. The third kappa shape index (κ3) is 2.99. The number of fused-ring (bicyclic) bond motifs is 1. The Balaban J connectivity index is 1.67. The van der Waals surface area contributed by atoms with Crippen LogP contribution < -0.4 is 5.32 Å². The number of anilines is 1. The van der Waals surface area contributed by atoms with Crippen molar-refractivity contribution < 1.29 is 19.2 Å². The second-order valence-electron chi connectivity index (χ2n) is 6.24. The number of amides is 1. The van der Waals surface area contributed by atoms with Gasteiger partial charge in [0.1, 0.15) is 11.8 Å². The van der Waals surface area contributed by atoms with E-state index in [1.807, 2.05) is 4.90 Å².